The summed E-state index contributed by atoms with van der Waals surface area (Å²) in [5.74, 6) is -0.622. The van der Waals surface area contributed by atoms with Gasteiger partial charge in [0.05, 0.1) is 12.5 Å². The number of ketones is 2. The molecule has 0 amide bonds. The predicted octanol–water partition coefficient (Wildman–Crippen LogP) is -1.44. The molecule has 0 bridgehead atoms. The molecule has 1 unspecified atom stereocenters. The lowest BCUT2D eigenvalue weighted by molar-refractivity contribution is -0.128. The van der Waals surface area contributed by atoms with Crippen LogP contribution in [0, 0.1) is 0 Å². The number of aliphatic hydroxyl groups is 2. The number of nitrogens with two attached hydrogens (primary N) is 1. The summed E-state index contributed by atoms with van der Waals surface area (Å²) in [4.78, 5) is 21.3. The highest BCUT2D eigenvalue weighted by molar-refractivity contribution is 5.98. The van der Waals surface area contributed by atoms with Gasteiger partial charge < -0.3 is 15.9 Å². The molecule has 12 heavy (non-hydrogen) atoms. The number of aliphatic hydroxyl groups excluding tert-OH is 1. The van der Waals surface area contributed by atoms with Crippen LogP contribution in [0.15, 0.2) is 0 Å². The van der Waals surface area contributed by atoms with Crippen LogP contribution in [0.4, 0.5) is 0 Å². The predicted molar refractivity (Wildman–Crippen MR) is 41.1 cm³/mol. The van der Waals surface area contributed by atoms with E-state index in [0.29, 0.717) is 0 Å². The Hall–Kier alpha value is -0.780. The zero-order valence-electron chi connectivity index (χ0n) is 6.86. The molecule has 0 heterocycles. The van der Waals surface area contributed by atoms with E-state index in [1.807, 2.05) is 0 Å². The molecule has 0 aliphatic rings. The monoisotopic (exact) mass is 175 g/mol. The molecule has 0 fully saturated rings. The maximum absolute atomic E-state index is 10.8. The van der Waals surface area contributed by atoms with Gasteiger partial charge in [-0.2, -0.15) is 0 Å². The van der Waals surface area contributed by atoms with E-state index in [1.54, 1.807) is 0 Å². The molecule has 1 atom stereocenters. The minimum Gasteiger partial charge on any atom is -0.367 e. The lowest BCUT2D eigenvalue weighted by atomic mass is 10.1. The Bertz CT molecular complexity index is 178. The van der Waals surface area contributed by atoms with Crippen molar-refractivity contribution in [2.75, 3.05) is 0 Å². The van der Waals surface area contributed by atoms with Gasteiger partial charge >= 0.3 is 0 Å². The first kappa shape index (κ1) is 11.2. The van der Waals surface area contributed by atoms with Crippen LogP contribution in [0.25, 0.3) is 0 Å². The topological polar surface area (TPSA) is 101 Å². The normalized spacial score (nSPS) is 13.1. The Morgan fingerprint density at radius 1 is 1.42 bits per heavy atom. The third kappa shape index (κ3) is 4.95. The molecule has 0 spiro atoms. The lowest BCUT2D eigenvalue weighted by Gasteiger charge is -2.11. The number of hydrogen-bond acceptors (Lipinski definition) is 5. The van der Waals surface area contributed by atoms with Gasteiger partial charge in [-0.15, -0.1) is 0 Å². The van der Waals surface area contributed by atoms with E-state index in [1.165, 1.54) is 6.92 Å². The number of Topliss-reactive ketones (excluding diaryl/α,β-unsaturated/α-hetero) is 2. The smallest absolute Gasteiger partial charge is 0.167 e. The average molecular weight is 175 g/mol. The first-order valence-corrected chi connectivity index (χ1v) is 3.56. The first-order valence-electron chi connectivity index (χ1n) is 3.56. The minimum atomic E-state index is -1.71. The second kappa shape index (κ2) is 4.97. The third-order valence-corrected chi connectivity index (χ3v) is 1.29. The summed E-state index contributed by atoms with van der Waals surface area (Å²) in [5.41, 5.74) is 5.16. The van der Waals surface area contributed by atoms with Crippen LogP contribution < -0.4 is 5.73 Å². The minimum absolute atomic E-state index is 0.183. The third-order valence-electron chi connectivity index (χ3n) is 1.29. The van der Waals surface area contributed by atoms with E-state index in [9.17, 15) is 9.59 Å². The molecule has 0 saturated carbocycles. The number of hydrogen-bond donors (Lipinski definition) is 3. The molecule has 0 rings (SSSR count). The molecule has 0 radical (unpaired) electrons. The van der Waals surface area contributed by atoms with Crippen LogP contribution in [0.5, 0.6) is 0 Å². The van der Waals surface area contributed by atoms with E-state index < -0.39 is 12.3 Å². The molecule has 0 aliphatic carbocycles. The van der Waals surface area contributed by atoms with Gasteiger partial charge in [-0.3, -0.25) is 9.59 Å². The van der Waals surface area contributed by atoms with Crippen molar-refractivity contribution in [3.8, 4) is 0 Å². The van der Waals surface area contributed by atoms with Crippen molar-refractivity contribution in [2.24, 2.45) is 5.73 Å². The quantitative estimate of drug-likeness (QED) is 0.351. The van der Waals surface area contributed by atoms with Gasteiger partial charge in [0.25, 0.3) is 0 Å². The zero-order valence-corrected chi connectivity index (χ0v) is 6.86. The lowest BCUT2D eigenvalue weighted by Crippen LogP contribution is -2.36. The van der Waals surface area contributed by atoms with Gasteiger partial charge in [-0.25, -0.2) is 0 Å². The SMILES string of the molecule is CC(=O)CC(=O)CC(N)C(O)O. The van der Waals surface area contributed by atoms with Crippen LogP contribution in [-0.2, 0) is 9.59 Å². The van der Waals surface area contributed by atoms with Gasteiger partial charge in [0, 0.05) is 6.42 Å². The highest BCUT2D eigenvalue weighted by Crippen LogP contribution is 1.97. The van der Waals surface area contributed by atoms with Gasteiger partial charge in [0.2, 0.25) is 0 Å². The Morgan fingerprint density at radius 2 is 1.92 bits per heavy atom. The maximum atomic E-state index is 10.8. The van der Waals surface area contributed by atoms with Crippen molar-refractivity contribution in [1.82, 2.24) is 0 Å². The van der Waals surface area contributed by atoms with Gasteiger partial charge in [-0.1, -0.05) is 0 Å². The number of rotatable bonds is 5. The molecule has 5 nitrogen and oxygen atoms in total. The fraction of sp³-hybridized carbons (Fsp3) is 0.714. The highest BCUT2D eigenvalue weighted by atomic mass is 16.5. The van der Waals surface area contributed by atoms with Crippen LogP contribution in [0.2, 0.25) is 0 Å². The maximum Gasteiger partial charge on any atom is 0.167 e. The van der Waals surface area contributed by atoms with Gasteiger partial charge in [-0.05, 0) is 6.92 Å². The van der Waals surface area contributed by atoms with Crippen molar-refractivity contribution < 1.29 is 19.8 Å². The molecule has 0 aromatic heterocycles. The largest absolute Gasteiger partial charge is 0.367 e. The van der Waals surface area contributed by atoms with E-state index in [4.69, 9.17) is 15.9 Å². The van der Waals surface area contributed by atoms with Crippen molar-refractivity contribution in [1.29, 1.82) is 0 Å². The summed E-state index contributed by atoms with van der Waals surface area (Å²) in [5, 5.41) is 17.0. The molecule has 0 aromatic rings. The summed E-state index contributed by atoms with van der Waals surface area (Å²) in [7, 11) is 0. The molecular weight excluding hydrogens is 162 g/mol. The molecule has 0 aromatic carbocycles. The van der Waals surface area contributed by atoms with E-state index in [0.717, 1.165) is 0 Å². The Labute approximate surface area is 70.2 Å². The van der Waals surface area contributed by atoms with Gasteiger partial charge in [0.1, 0.15) is 11.6 Å². The molecule has 0 aliphatic heterocycles. The van der Waals surface area contributed by atoms with Crippen LogP contribution in [0.3, 0.4) is 0 Å². The first-order chi connectivity index (χ1) is 5.43. The fourth-order valence-corrected chi connectivity index (χ4v) is 0.718. The fourth-order valence-electron chi connectivity index (χ4n) is 0.718. The van der Waals surface area contributed by atoms with Crippen LogP contribution in [0.1, 0.15) is 19.8 Å². The highest BCUT2D eigenvalue weighted by Gasteiger charge is 2.16. The zero-order chi connectivity index (χ0) is 9.72. The van der Waals surface area contributed by atoms with Crippen molar-refractivity contribution in [3.05, 3.63) is 0 Å². The summed E-state index contributed by atoms with van der Waals surface area (Å²) < 4.78 is 0. The number of carbonyl (C=O) groups is 2. The van der Waals surface area contributed by atoms with Crippen molar-refractivity contribution in [3.63, 3.8) is 0 Å². The van der Waals surface area contributed by atoms with Crippen molar-refractivity contribution in [2.45, 2.75) is 32.1 Å². The Kier molecular flexibility index (Phi) is 4.65. The summed E-state index contributed by atoms with van der Waals surface area (Å²) in [6.07, 6.45) is -2.08. The van der Waals surface area contributed by atoms with Gasteiger partial charge in [0.15, 0.2) is 6.29 Å². The average Bonchev–Trinajstić information content (AvgIpc) is 1.84. The van der Waals surface area contributed by atoms with E-state index in [2.05, 4.69) is 0 Å². The van der Waals surface area contributed by atoms with E-state index >= 15 is 0 Å². The van der Waals surface area contributed by atoms with Crippen LogP contribution in [-0.4, -0.2) is 34.1 Å². The van der Waals surface area contributed by atoms with Crippen molar-refractivity contribution >= 4 is 11.6 Å². The summed E-state index contributed by atoms with van der Waals surface area (Å²) in [6, 6.07) is -1.00. The molecule has 0 saturated heterocycles. The van der Waals surface area contributed by atoms with Crippen LogP contribution >= 0.6 is 0 Å². The summed E-state index contributed by atoms with van der Waals surface area (Å²) in [6.45, 7) is 1.29. The number of carbonyl (C=O) groups excluding carboxylic acids is 2. The second-order valence-corrected chi connectivity index (χ2v) is 2.70. The standard InChI is InChI=1S/C7H13NO4/c1-4(9)2-5(10)3-6(8)7(11)12/h6-7,11-12H,2-3,8H2,1H3. The summed E-state index contributed by atoms with van der Waals surface area (Å²) >= 11 is 0. The van der Waals surface area contributed by atoms with E-state index in [-0.39, 0.29) is 24.4 Å². The molecule has 4 N–H and O–H groups in total. The Morgan fingerprint density at radius 3 is 2.25 bits per heavy atom. The Balaban J connectivity index is 3.77. The second-order valence-electron chi connectivity index (χ2n) is 2.70. The molecule has 5 heteroatoms. The molecular formula is C7H13NO4. The molecule has 70 valence electrons.